The molecule has 21 heavy (non-hydrogen) atoms. The molecule has 0 amide bonds. The molecule has 2 aromatic carbocycles. The number of fused-ring (bicyclic) bond motifs is 1. The zero-order valence-electron chi connectivity index (χ0n) is 10.6. The van der Waals surface area contributed by atoms with Gasteiger partial charge in [0.05, 0.1) is 21.2 Å². The van der Waals surface area contributed by atoms with Crippen LogP contribution in [0.3, 0.4) is 0 Å². The Kier molecular flexibility index (Phi) is 3.93. The van der Waals surface area contributed by atoms with Crippen molar-refractivity contribution in [3.8, 4) is 5.88 Å². The molecular formula is C15H9BrCl2N2O. The van der Waals surface area contributed by atoms with Crippen molar-refractivity contribution in [2.75, 3.05) is 5.32 Å². The predicted molar refractivity (Wildman–Crippen MR) is 90.9 cm³/mol. The molecule has 0 spiro atoms. The summed E-state index contributed by atoms with van der Waals surface area (Å²) in [5.41, 5.74) is 2.20. The number of anilines is 2. The second-order valence-corrected chi connectivity index (χ2v) is 6.17. The van der Waals surface area contributed by atoms with Gasteiger partial charge in [-0.05, 0) is 36.4 Å². The number of pyridine rings is 1. The van der Waals surface area contributed by atoms with E-state index in [9.17, 15) is 5.11 Å². The number of nitrogens with one attached hydrogen (secondary N) is 1. The lowest BCUT2D eigenvalue weighted by molar-refractivity contribution is 0.456. The second-order valence-electron chi connectivity index (χ2n) is 4.44. The Morgan fingerprint density at radius 1 is 1.00 bits per heavy atom. The van der Waals surface area contributed by atoms with Crippen molar-refractivity contribution in [2.45, 2.75) is 0 Å². The molecule has 3 rings (SSSR count). The average molecular weight is 384 g/mol. The smallest absolute Gasteiger partial charge is 0.213 e. The fraction of sp³-hybridized carbons (Fsp3) is 0. The summed E-state index contributed by atoms with van der Waals surface area (Å²) < 4.78 is 0.930. The van der Waals surface area contributed by atoms with Crippen molar-refractivity contribution < 1.29 is 5.11 Å². The molecule has 1 heterocycles. The molecule has 0 bridgehead atoms. The summed E-state index contributed by atoms with van der Waals surface area (Å²) in [7, 11) is 0. The van der Waals surface area contributed by atoms with Crippen LogP contribution in [0.15, 0.2) is 46.9 Å². The molecule has 1 aromatic heterocycles. The average Bonchev–Trinajstić information content (AvgIpc) is 2.43. The fourth-order valence-electron chi connectivity index (χ4n) is 2.02. The van der Waals surface area contributed by atoms with E-state index in [1.807, 2.05) is 24.3 Å². The van der Waals surface area contributed by atoms with Crippen LogP contribution in [-0.4, -0.2) is 10.1 Å². The quantitative estimate of drug-likeness (QED) is 0.591. The van der Waals surface area contributed by atoms with Gasteiger partial charge >= 0.3 is 0 Å². The number of hydrogen-bond acceptors (Lipinski definition) is 3. The van der Waals surface area contributed by atoms with Gasteiger partial charge in [0.1, 0.15) is 0 Å². The lowest BCUT2D eigenvalue weighted by Crippen LogP contribution is -1.93. The van der Waals surface area contributed by atoms with Crippen LogP contribution < -0.4 is 5.32 Å². The summed E-state index contributed by atoms with van der Waals surface area (Å²) in [6.07, 6.45) is 0. The predicted octanol–water partition coefficient (Wildman–Crippen LogP) is 5.75. The highest BCUT2D eigenvalue weighted by Crippen LogP contribution is 2.32. The van der Waals surface area contributed by atoms with E-state index < -0.39 is 0 Å². The highest BCUT2D eigenvalue weighted by Gasteiger charge is 2.07. The van der Waals surface area contributed by atoms with E-state index >= 15 is 0 Å². The summed E-state index contributed by atoms with van der Waals surface area (Å²) in [6, 6.07) is 12.5. The van der Waals surface area contributed by atoms with Crippen LogP contribution in [0, 0.1) is 0 Å². The van der Waals surface area contributed by atoms with E-state index in [-0.39, 0.29) is 5.88 Å². The van der Waals surface area contributed by atoms with Gasteiger partial charge in [-0.1, -0.05) is 39.1 Å². The minimum Gasteiger partial charge on any atom is -0.493 e. The van der Waals surface area contributed by atoms with E-state index in [2.05, 4.69) is 26.2 Å². The maximum absolute atomic E-state index is 9.75. The fourth-order valence-corrected chi connectivity index (χ4v) is 2.68. The molecule has 0 atom stereocenters. The molecule has 0 aliphatic heterocycles. The van der Waals surface area contributed by atoms with Crippen molar-refractivity contribution in [3.63, 3.8) is 0 Å². The van der Waals surface area contributed by atoms with Crippen LogP contribution >= 0.6 is 39.1 Å². The Morgan fingerprint density at radius 3 is 2.57 bits per heavy atom. The number of benzene rings is 2. The zero-order valence-corrected chi connectivity index (χ0v) is 13.7. The Morgan fingerprint density at radius 2 is 1.81 bits per heavy atom. The first-order valence-electron chi connectivity index (χ1n) is 6.04. The normalized spacial score (nSPS) is 10.8. The van der Waals surface area contributed by atoms with Crippen LogP contribution in [0.2, 0.25) is 10.0 Å². The van der Waals surface area contributed by atoms with Crippen molar-refractivity contribution in [1.29, 1.82) is 0 Å². The molecule has 2 N–H and O–H groups in total. The number of aromatic hydroxyl groups is 1. The number of rotatable bonds is 2. The largest absolute Gasteiger partial charge is 0.493 e. The zero-order chi connectivity index (χ0) is 15.0. The van der Waals surface area contributed by atoms with Crippen LogP contribution in [0.5, 0.6) is 5.88 Å². The number of aromatic nitrogens is 1. The van der Waals surface area contributed by atoms with Crippen molar-refractivity contribution in [2.24, 2.45) is 0 Å². The van der Waals surface area contributed by atoms with Gasteiger partial charge in [-0.15, -0.1) is 0 Å². The first-order valence-corrected chi connectivity index (χ1v) is 7.59. The van der Waals surface area contributed by atoms with E-state index in [0.717, 1.165) is 21.2 Å². The molecule has 6 heteroatoms. The third-order valence-corrected chi connectivity index (χ3v) is 4.19. The van der Waals surface area contributed by atoms with Crippen molar-refractivity contribution in [3.05, 3.63) is 57.0 Å². The third kappa shape index (κ3) is 3.07. The highest BCUT2D eigenvalue weighted by atomic mass is 79.9. The van der Waals surface area contributed by atoms with Crippen LogP contribution in [-0.2, 0) is 0 Å². The minimum atomic E-state index is -0.0487. The molecule has 3 nitrogen and oxygen atoms in total. The number of nitrogens with zero attached hydrogens (tertiary/aromatic N) is 1. The summed E-state index contributed by atoms with van der Waals surface area (Å²) in [6.45, 7) is 0. The molecule has 0 aliphatic rings. The lowest BCUT2D eigenvalue weighted by atomic mass is 10.1. The molecule has 0 saturated carbocycles. The van der Waals surface area contributed by atoms with Gasteiger partial charge in [0.25, 0.3) is 0 Å². The van der Waals surface area contributed by atoms with Gasteiger partial charge in [-0.2, -0.15) is 0 Å². The Hall–Kier alpha value is -1.49. The van der Waals surface area contributed by atoms with E-state index in [1.165, 1.54) is 0 Å². The van der Waals surface area contributed by atoms with Gasteiger partial charge in [-0.3, -0.25) is 0 Å². The molecule has 0 aliphatic carbocycles. The van der Waals surface area contributed by atoms with Gasteiger partial charge in [0.15, 0.2) is 0 Å². The number of halogens is 3. The van der Waals surface area contributed by atoms with E-state index in [1.54, 1.807) is 18.2 Å². The lowest BCUT2D eigenvalue weighted by Gasteiger charge is -2.11. The van der Waals surface area contributed by atoms with Gasteiger partial charge in [-0.25, -0.2) is 4.98 Å². The van der Waals surface area contributed by atoms with Gasteiger partial charge in [0, 0.05) is 21.6 Å². The minimum absolute atomic E-state index is 0.0487. The molecular weight excluding hydrogens is 375 g/mol. The van der Waals surface area contributed by atoms with Crippen LogP contribution in [0.25, 0.3) is 10.9 Å². The summed E-state index contributed by atoms with van der Waals surface area (Å²) in [5.74, 6) is -0.0487. The Balaban J connectivity index is 2.10. The SMILES string of the molecule is Oc1cc(Nc2ccc(Cl)c(Cl)c2)c2cc(Br)ccc2n1. The third-order valence-electron chi connectivity index (χ3n) is 2.96. The maximum atomic E-state index is 9.75. The van der Waals surface area contributed by atoms with E-state index in [0.29, 0.717) is 15.6 Å². The summed E-state index contributed by atoms with van der Waals surface area (Å²) in [4.78, 5) is 4.10. The van der Waals surface area contributed by atoms with Crippen molar-refractivity contribution in [1.82, 2.24) is 4.98 Å². The molecule has 0 saturated heterocycles. The molecule has 3 aromatic rings. The number of hydrogen-bond donors (Lipinski definition) is 2. The highest BCUT2D eigenvalue weighted by molar-refractivity contribution is 9.10. The topological polar surface area (TPSA) is 45.1 Å². The molecule has 106 valence electrons. The van der Waals surface area contributed by atoms with Gasteiger partial charge < -0.3 is 10.4 Å². The van der Waals surface area contributed by atoms with Gasteiger partial charge in [0.2, 0.25) is 5.88 Å². The summed E-state index contributed by atoms with van der Waals surface area (Å²) >= 11 is 15.4. The summed E-state index contributed by atoms with van der Waals surface area (Å²) in [5, 5.41) is 14.8. The second kappa shape index (κ2) is 5.72. The van der Waals surface area contributed by atoms with Crippen LogP contribution in [0.1, 0.15) is 0 Å². The Bertz CT molecular complexity index is 839. The van der Waals surface area contributed by atoms with Crippen LogP contribution in [0.4, 0.5) is 11.4 Å². The molecule has 0 fully saturated rings. The Labute approximate surface area is 139 Å². The van der Waals surface area contributed by atoms with Crippen molar-refractivity contribution >= 4 is 61.4 Å². The first-order chi connectivity index (χ1) is 10.0. The maximum Gasteiger partial charge on any atom is 0.213 e. The molecule has 0 unspecified atom stereocenters. The monoisotopic (exact) mass is 382 g/mol. The molecule has 0 radical (unpaired) electrons. The van der Waals surface area contributed by atoms with E-state index in [4.69, 9.17) is 23.2 Å². The first kappa shape index (κ1) is 14.4. The standard InChI is InChI=1S/C15H9BrCl2N2O/c16-8-1-4-13-10(5-8)14(7-15(21)20-13)19-9-2-3-11(17)12(18)6-9/h1-7H,(H2,19,20,21).